The minimum atomic E-state index is -0.449. The van der Waals surface area contributed by atoms with E-state index >= 15 is 0 Å². The summed E-state index contributed by atoms with van der Waals surface area (Å²) in [6.45, 7) is 0. The lowest BCUT2D eigenvalue weighted by molar-refractivity contribution is 0.0950. The Balaban J connectivity index is 1.69. The number of rotatable bonds is 4. The van der Waals surface area contributed by atoms with Gasteiger partial charge < -0.3 is 5.11 Å². The molecule has 1 amide bonds. The zero-order valence-electron chi connectivity index (χ0n) is 12.7. The van der Waals surface area contributed by atoms with Gasteiger partial charge in [0, 0.05) is 5.56 Å². The highest BCUT2D eigenvalue weighted by atomic mass is 35.5. The van der Waals surface area contributed by atoms with Crippen LogP contribution in [-0.2, 0) is 0 Å². The number of halogens is 2. The molecule has 1 aromatic heterocycles. The fraction of sp³-hybridized carbons (Fsp3) is 0. The molecule has 0 atom stereocenters. The van der Waals surface area contributed by atoms with Crippen molar-refractivity contribution in [3.05, 3.63) is 69.8 Å². The molecule has 0 aliphatic rings. The van der Waals surface area contributed by atoms with E-state index in [0.717, 1.165) is 5.56 Å². The Hall–Kier alpha value is -2.83. The van der Waals surface area contributed by atoms with Crippen LogP contribution < -0.4 is 5.43 Å². The van der Waals surface area contributed by atoms with Crippen LogP contribution in [0.4, 0.5) is 0 Å². The van der Waals surface area contributed by atoms with Crippen LogP contribution in [0, 0.1) is 0 Å². The number of aromatic hydroxyl groups is 1. The summed E-state index contributed by atoms with van der Waals surface area (Å²) in [4.78, 5) is 12.1. The summed E-state index contributed by atoms with van der Waals surface area (Å²) in [6, 6.07) is 13.2. The molecule has 0 radical (unpaired) electrons. The third kappa shape index (κ3) is 4.17. The first-order valence-corrected chi connectivity index (χ1v) is 7.92. The first-order valence-electron chi connectivity index (χ1n) is 7.16. The van der Waals surface area contributed by atoms with E-state index < -0.39 is 5.91 Å². The smallest absolute Gasteiger partial charge is 0.289 e. The summed E-state index contributed by atoms with van der Waals surface area (Å²) >= 11 is 11.9. The van der Waals surface area contributed by atoms with Crippen LogP contribution in [-0.4, -0.2) is 27.4 Å². The molecule has 0 fully saturated rings. The lowest BCUT2D eigenvalue weighted by atomic mass is 10.1. The minimum absolute atomic E-state index is 0.120. The number of aromatic amines is 1. The Kier molecular flexibility index (Phi) is 5.02. The summed E-state index contributed by atoms with van der Waals surface area (Å²) in [5.74, 6) is -0.328. The average Bonchev–Trinajstić information content (AvgIpc) is 3.07. The van der Waals surface area contributed by atoms with Crippen molar-refractivity contribution in [1.82, 2.24) is 15.6 Å². The monoisotopic (exact) mass is 374 g/mol. The molecule has 8 heteroatoms. The molecule has 3 rings (SSSR count). The third-order valence-corrected chi connectivity index (χ3v) is 4.03. The number of nitrogens with one attached hydrogen (secondary N) is 2. The summed E-state index contributed by atoms with van der Waals surface area (Å²) in [5.41, 5.74) is 4.57. The molecule has 3 aromatic rings. The lowest BCUT2D eigenvalue weighted by Crippen LogP contribution is -2.17. The number of aromatic nitrogens is 2. The van der Waals surface area contributed by atoms with Crippen molar-refractivity contribution in [2.45, 2.75) is 0 Å². The number of H-pyrrole nitrogens is 1. The summed E-state index contributed by atoms with van der Waals surface area (Å²) in [6.07, 6.45) is 1.42. The second-order valence-corrected chi connectivity index (χ2v) is 5.90. The maximum absolute atomic E-state index is 12.1. The van der Waals surface area contributed by atoms with Crippen molar-refractivity contribution in [3.63, 3.8) is 0 Å². The topological polar surface area (TPSA) is 90.4 Å². The zero-order valence-corrected chi connectivity index (χ0v) is 14.2. The molecule has 0 unspecified atom stereocenters. The van der Waals surface area contributed by atoms with Crippen LogP contribution in [0.15, 0.2) is 53.6 Å². The van der Waals surface area contributed by atoms with Gasteiger partial charge in [-0.05, 0) is 35.9 Å². The molecule has 0 saturated carbocycles. The summed E-state index contributed by atoms with van der Waals surface area (Å²) in [7, 11) is 0. The standard InChI is InChI=1S/C17H12Cl2N4O2/c18-13-5-4-11(7-14(13)19)15-8-16(22-21-15)17(25)23-20-9-10-2-1-3-12(24)6-10/h1-9,24H,(H,21,22)(H,23,25). The van der Waals surface area contributed by atoms with Crippen LogP contribution in [0.2, 0.25) is 10.0 Å². The van der Waals surface area contributed by atoms with Gasteiger partial charge in [0.05, 0.1) is 22.0 Å². The van der Waals surface area contributed by atoms with Gasteiger partial charge in [-0.25, -0.2) is 5.43 Å². The molecule has 6 nitrogen and oxygen atoms in total. The van der Waals surface area contributed by atoms with Crippen molar-refractivity contribution in [2.75, 3.05) is 0 Å². The molecule has 2 aromatic carbocycles. The maximum Gasteiger partial charge on any atom is 0.289 e. The molecule has 126 valence electrons. The second kappa shape index (κ2) is 7.38. The maximum atomic E-state index is 12.1. The zero-order chi connectivity index (χ0) is 17.8. The van der Waals surface area contributed by atoms with E-state index in [2.05, 4.69) is 20.7 Å². The number of hydrogen-bond donors (Lipinski definition) is 3. The molecule has 0 aliphatic heterocycles. The number of carbonyl (C=O) groups is 1. The Morgan fingerprint density at radius 1 is 1.16 bits per heavy atom. The minimum Gasteiger partial charge on any atom is -0.508 e. The molecule has 25 heavy (non-hydrogen) atoms. The number of hydrogen-bond acceptors (Lipinski definition) is 4. The first-order chi connectivity index (χ1) is 12.0. The fourth-order valence-corrected chi connectivity index (χ4v) is 2.37. The van der Waals surface area contributed by atoms with E-state index in [1.165, 1.54) is 12.3 Å². The van der Waals surface area contributed by atoms with Crippen molar-refractivity contribution in [1.29, 1.82) is 0 Å². The van der Waals surface area contributed by atoms with Crippen molar-refractivity contribution in [3.8, 4) is 17.0 Å². The first kappa shape index (κ1) is 17.0. The number of hydrazone groups is 1. The quantitative estimate of drug-likeness (QED) is 0.478. The molecule has 0 saturated heterocycles. The number of carbonyl (C=O) groups excluding carboxylic acids is 1. The molecular formula is C17H12Cl2N4O2. The predicted octanol–water partition coefficient (Wildman–Crippen LogP) is 3.85. The molecule has 0 spiro atoms. The molecule has 0 aliphatic carbocycles. The van der Waals surface area contributed by atoms with E-state index in [4.69, 9.17) is 23.2 Å². The lowest BCUT2D eigenvalue weighted by Gasteiger charge is -1.99. The fourth-order valence-electron chi connectivity index (χ4n) is 2.07. The SMILES string of the molecule is O=C(NN=Cc1cccc(O)c1)c1cc(-c2ccc(Cl)c(Cl)c2)n[nH]1. The van der Waals surface area contributed by atoms with E-state index in [1.807, 2.05) is 0 Å². The van der Waals surface area contributed by atoms with Gasteiger partial charge >= 0.3 is 0 Å². The number of benzene rings is 2. The molecular weight excluding hydrogens is 363 g/mol. The van der Waals surface area contributed by atoms with Gasteiger partial charge in [-0.3, -0.25) is 9.89 Å². The highest BCUT2D eigenvalue weighted by Gasteiger charge is 2.11. The summed E-state index contributed by atoms with van der Waals surface area (Å²) < 4.78 is 0. The summed E-state index contributed by atoms with van der Waals surface area (Å²) in [5, 5.41) is 20.8. The van der Waals surface area contributed by atoms with Crippen LogP contribution in [0.5, 0.6) is 5.75 Å². The molecule has 0 bridgehead atoms. The number of nitrogens with zero attached hydrogens (tertiary/aromatic N) is 2. The predicted molar refractivity (Wildman–Crippen MR) is 97.2 cm³/mol. The largest absolute Gasteiger partial charge is 0.508 e. The van der Waals surface area contributed by atoms with Gasteiger partial charge in [-0.1, -0.05) is 41.4 Å². The Morgan fingerprint density at radius 2 is 2.00 bits per heavy atom. The number of amides is 1. The highest BCUT2D eigenvalue weighted by molar-refractivity contribution is 6.42. The van der Waals surface area contributed by atoms with Crippen LogP contribution in [0.25, 0.3) is 11.3 Å². The normalized spacial score (nSPS) is 11.0. The molecule has 3 N–H and O–H groups in total. The Morgan fingerprint density at radius 3 is 2.76 bits per heavy atom. The van der Waals surface area contributed by atoms with Gasteiger partial charge in [-0.15, -0.1) is 0 Å². The van der Waals surface area contributed by atoms with Crippen LogP contribution in [0.1, 0.15) is 16.1 Å². The van der Waals surface area contributed by atoms with Crippen LogP contribution >= 0.6 is 23.2 Å². The highest BCUT2D eigenvalue weighted by Crippen LogP contribution is 2.27. The van der Waals surface area contributed by atoms with E-state index in [0.29, 0.717) is 21.3 Å². The van der Waals surface area contributed by atoms with E-state index in [9.17, 15) is 9.90 Å². The Bertz CT molecular complexity index is 953. The van der Waals surface area contributed by atoms with Crippen LogP contribution in [0.3, 0.4) is 0 Å². The Labute approximate surface area is 153 Å². The van der Waals surface area contributed by atoms with Gasteiger partial charge in [0.25, 0.3) is 5.91 Å². The van der Waals surface area contributed by atoms with Gasteiger partial charge in [-0.2, -0.15) is 10.2 Å². The van der Waals surface area contributed by atoms with Gasteiger partial charge in [0.1, 0.15) is 11.4 Å². The average molecular weight is 375 g/mol. The number of phenolic OH excluding ortho intramolecular Hbond substituents is 1. The van der Waals surface area contributed by atoms with Crippen molar-refractivity contribution in [2.24, 2.45) is 5.10 Å². The second-order valence-electron chi connectivity index (χ2n) is 5.09. The number of phenols is 1. The van der Waals surface area contributed by atoms with Gasteiger partial charge in [0.2, 0.25) is 0 Å². The van der Waals surface area contributed by atoms with Crippen molar-refractivity contribution < 1.29 is 9.90 Å². The van der Waals surface area contributed by atoms with Gasteiger partial charge in [0.15, 0.2) is 0 Å². The molecule has 1 heterocycles. The van der Waals surface area contributed by atoms with E-state index in [1.54, 1.807) is 42.5 Å². The third-order valence-electron chi connectivity index (χ3n) is 3.29. The van der Waals surface area contributed by atoms with Crippen molar-refractivity contribution >= 4 is 35.3 Å². The van der Waals surface area contributed by atoms with E-state index in [-0.39, 0.29) is 11.4 Å².